The molecule has 5 nitrogen and oxygen atoms in total. The second-order valence-corrected chi connectivity index (χ2v) is 10.9. The number of rotatable bonds is 6. The van der Waals surface area contributed by atoms with Gasteiger partial charge in [-0.05, 0) is 81.4 Å². The summed E-state index contributed by atoms with van der Waals surface area (Å²) in [5, 5.41) is 0. The third kappa shape index (κ3) is 6.77. The van der Waals surface area contributed by atoms with Crippen molar-refractivity contribution >= 4 is 23.0 Å². The lowest BCUT2D eigenvalue weighted by molar-refractivity contribution is 0.0205. The van der Waals surface area contributed by atoms with Gasteiger partial charge in [0.25, 0.3) is 0 Å². The van der Waals surface area contributed by atoms with Crippen molar-refractivity contribution in [1.29, 1.82) is 0 Å². The zero-order valence-corrected chi connectivity index (χ0v) is 21.2. The Kier molecular flexibility index (Phi) is 7.76. The molecule has 0 saturated heterocycles. The Labute approximate surface area is 214 Å². The van der Waals surface area contributed by atoms with Gasteiger partial charge >= 0.3 is 12.1 Å². The van der Waals surface area contributed by atoms with Crippen molar-refractivity contribution in [2.75, 3.05) is 0 Å². The van der Waals surface area contributed by atoms with Gasteiger partial charge in [0.2, 0.25) is 0 Å². The molecule has 0 aliphatic rings. The zero-order valence-electron chi connectivity index (χ0n) is 20.3. The SMILES string of the molecule is CC(C)(C)OC(=O)Oc1ccc(OC(=O)c2cccc([S+](c3ccccc3)c3ccccc3)c2)cc1. The van der Waals surface area contributed by atoms with Crippen LogP contribution in [0.2, 0.25) is 0 Å². The van der Waals surface area contributed by atoms with Gasteiger partial charge in [0, 0.05) is 6.07 Å². The van der Waals surface area contributed by atoms with Gasteiger partial charge in [0.1, 0.15) is 17.1 Å². The fourth-order valence-electron chi connectivity index (χ4n) is 3.38. The predicted octanol–water partition coefficient (Wildman–Crippen LogP) is 7.32. The number of carbonyl (C=O) groups excluding carboxylic acids is 2. The van der Waals surface area contributed by atoms with Gasteiger partial charge in [-0.15, -0.1) is 0 Å². The molecule has 0 N–H and O–H groups in total. The second-order valence-electron chi connectivity index (χ2n) is 8.89. The lowest BCUT2D eigenvalue weighted by atomic mass is 10.2. The van der Waals surface area contributed by atoms with Crippen LogP contribution in [-0.2, 0) is 15.6 Å². The third-order valence-corrected chi connectivity index (χ3v) is 7.10. The minimum atomic E-state index is -0.795. The summed E-state index contributed by atoms with van der Waals surface area (Å²) in [6, 6.07) is 34.2. The summed E-state index contributed by atoms with van der Waals surface area (Å²) in [7, 11) is -0.372. The smallest absolute Gasteiger partial charge is 0.428 e. The molecule has 4 aromatic rings. The van der Waals surface area contributed by atoms with Crippen LogP contribution in [0, 0.1) is 0 Å². The summed E-state index contributed by atoms with van der Waals surface area (Å²) in [5.41, 5.74) is -0.201. The van der Waals surface area contributed by atoms with Gasteiger partial charge in [0.05, 0.1) is 16.5 Å². The summed E-state index contributed by atoms with van der Waals surface area (Å²) < 4.78 is 15.9. The molecule has 0 unspecified atom stereocenters. The lowest BCUT2D eigenvalue weighted by Gasteiger charge is -2.18. The molecule has 6 heteroatoms. The van der Waals surface area contributed by atoms with Crippen molar-refractivity contribution in [3.8, 4) is 11.5 Å². The maximum Gasteiger partial charge on any atom is 0.514 e. The normalized spacial score (nSPS) is 11.1. The minimum Gasteiger partial charge on any atom is -0.428 e. The Morgan fingerprint density at radius 2 is 1.11 bits per heavy atom. The highest BCUT2D eigenvalue weighted by molar-refractivity contribution is 7.97. The van der Waals surface area contributed by atoms with E-state index in [1.807, 2.05) is 54.6 Å². The average Bonchev–Trinajstić information content (AvgIpc) is 2.86. The summed E-state index contributed by atoms with van der Waals surface area (Å²) in [6.45, 7) is 5.27. The molecule has 0 radical (unpaired) electrons. The first kappa shape index (κ1) is 25.1. The number of benzene rings is 4. The molecular weight excluding hydrogens is 472 g/mol. The van der Waals surface area contributed by atoms with Crippen LogP contribution < -0.4 is 9.47 Å². The summed E-state index contributed by atoms with van der Waals surface area (Å²) in [4.78, 5) is 28.1. The molecule has 4 rings (SSSR count). The van der Waals surface area contributed by atoms with Gasteiger partial charge in [-0.25, -0.2) is 9.59 Å². The van der Waals surface area contributed by atoms with E-state index in [1.54, 1.807) is 51.1 Å². The van der Waals surface area contributed by atoms with Crippen LogP contribution >= 0.6 is 0 Å². The first-order valence-corrected chi connectivity index (χ1v) is 12.7. The highest BCUT2D eigenvalue weighted by Gasteiger charge is 2.29. The van der Waals surface area contributed by atoms with E-state index >= 15 is 0 Å². The molecule has 0 heterocycles. The van der Waals surface area contributed by atoms with Crippen molar-refractivity contribution in [3.05, 3.63) is 115 Å². The third-order valence-electron chi connectivity index (χ3n) is 4.89. The molecule has 4 aromatic carbocycles. The summed E-state index contributed by atoms with van der Waals surface area (Å²) >= 11 is 0. The van der Waals surface area contributed by atoms with E-state index in [-0.39, 0.29) is 10.9 Å². The molecule has 0 bridgehead atoms. The maximum atomic E-state index is 13.0. The van der Waals surface area contributed by atoms with Crippen LogP contribution in [0.5, 0.6) is 11.5 Å². The Balaban J connectivity index is 1.50. The molecular formula is C30H27O5S+. The van der Waals surface area contributed by atoms with Crippen molar-refractivity contribution in [3.63, 3.8) is 0 Å². The van der Waals surface area contributed by atoms with E-state index in [1.165, 1.54) is 0 Å². The number of hydrogen-bond donors (Lipinski definition) is 0. The van der Waals surface area contributed by atoms with Crippen LogP contribution in [0.3, 0.4) is 0 Å². The van der Waals surface area contributed by atoms with Crippen molar-refractivity contribution in [2.45, 2.75) is 41.1 Å². The van der Waals surface area contributed by atoms with Crippen LogP contribution in [0.1, 0.15) is 31.1 Å². The molecule has 0 atom stereocenters. The highest BCUT2D eigenvalue weighted by Crippen LogP contribution is 2.31. The standard InChI is InChI=1S/C30H27O5S/c1-30(2,3)35-29(32)34-24-19-17-23(18-20-24)33-28(31)22-11-10-16-27(21-22)36(25-12-6-4-7-13-25)26-14-8-5-9-15-26/h4-21H,1-3H3/q+1. The first-order chi connectivity index (χ1) is 17.3. The number of hydrogen-bond acceptors (Lipinski definition) is 5. The Morgan fingerprint density at radius 1 is 0.611 bits per heavy atom. The quantitative estimate of drug-likeness (QED) is 0.120. The van der Waals surface area contributed by atoms with Crippen LogP contribution in [0.25, 0.3) is 0 Å². The molecule has 0 aliphatic heterocycles. The van der Waals surface area contributed by atoms with Gasteiger partial charge in [-0.1, -0.05) is 42.5 Å². The highest BCUT2D eigenvalue weighted by atomic mass is 32.2. The number of ether oxygens (including phenoxy) is 3. The van der Waals surface area contributed by atoms with E-state index in [0.29, 0.717) is 17.1 Å². The topological polar surface area (TPSA) is 61.8 Å². The van der Waals surface area contributed by atoms with Gasteiger partial charge < -0.3 is 14.2 Å². The van der Waals surface area contributed by atoms with Crippen LogP contribution in [0.15, 0.2) is 124 Å². The molecule has 0 amide bonds. The monoisotopic (exact) mass is 499 g/mol. The molecule has 36 heavy (non-hydrogen) atoms. The van der Waals surface area contributed by atoms with Gasteiger partial charge in [-0.2, -0.15) is 0 Å². The van der Waals surface area contributed by atoms with Crippen molar-refractivity contribution < 1.29 is 23.8 Å². The molecule has 0 aromatic heterocycles. The molecule has 0 spiro atoms. The predicted molar refractivity (Wildman–Crippen MR) is 140 cm³/mol. The molecule has 0 saturated carbocycles. The minimum absolute atomic E-state index is 0.292. The molecule has 0 aliphatic carbocycles. The van der Waals surface area contributed by atoms with E-state index in [9.17, 15) is 9.59 Å². The molecule has 182 valence electrons. The Bertz CT molecular complexity index is 1270. The fraction of sp³-hybridized carbons (Fsp3) is 0.133. The van der Waals surface area contributed by atoms with E-state index < -0.39 is 17.7 Å². The number of carbonyl (C=O) groups is 2. The summed E-state index contributed by atoms with van der Waals surface area (Å²) in [6.07, 6.45) is -0.795. The van der Waals surface area contributed by atoms with Gasteiger partial charge in [0.15, 0.2) is 14.7 Å². The van der Waals surface area contributed by atoms with E-state index in [4.69, 9.17) is 14.2 Å². The zero-order chi connectivity index (χ0) is 25.5. The van der Waals surface area contributed by atoms with Crippen LogP contribution in [-0.4, -0.2) is 17.7 Å². The first-order valence-electron chi connectivity index (χ1n) is 11.5. The fourth-order valence-corrected chi connectivity index (χ4v) is 5.51. The lowest BCUT2D eigenvalue weighted by Crippen LogP contribution is -2.25. The largest absolute Gasteiger partial charge is 0.514 e. The summed E-state index contributed by atoms with van der Waals surface area (Å²) in [5.74, 6) is 0.162. The molecule has 0 fully saturated rings. The van der Waals surface area contributed by atoms with Crippen molar-refractivity contribution in [1.82, 2.24) is 0 Å². The van der Waals surface area contributed by atoms with Crippen molar-refractivity contribution in [2.24, 2.45) is 0 Å². The average molecular weight is 500 g/mol. The number of esters is 1. The van der Waals surface area contributed by atoms with Gasteiger partial charge in [-0.3, -0.25) is 0 Å². The Morgan fingerprint density at radius 3 is 1.64 bits per heavy atom. The van der Waals surface area contributed by atoms with E-state index in [2.05, 4.69) is 24.3 Å². The van der Waals surface area contributed by atoms with Crippen LogP contribution in [0.4, 0.5) is 4.79 Å². The Hall–Kier alpha value is -4.03. The maximum absolute atomic E-state index is 13.0. The van der Waals surface area contributed by atoms with E-state index in [0.717, 1.165) is 14.7 Å². The second kappa shape index (κ2) is 11.1.